The lowest BCUT2D eigenvalue weighted by Gasteiger charge is -2.04. The highest BCUT2D eigenvalue weighted by molar-refractivity contribution is 7.13. The van der Waals surface area contributed by atoms with Gasteiger partial charge in [0.05, 0.1) is 0 Å². The van der Waals surface area contributed by atoms with Gasteiger partial charge in [-0.25, -0.2) is 9.78 Å². The first kappa shape index (κ1) is 9.60. The fourth-order valence-corrected chi connectivity index (χ4v) is 1.84. The number of carboxylic acid groups (broad SMARTS) is 1. The van der Waals surface area contributed by atoms with Crippen LogP contribution in [0.15, 0.2) is 23.8 Å². The third-order valence-corrected chi connectivity index (χ3v) is 2.61. The summed E-state index contributed by atoms with van der Waals surface area (Å²) < 4.78 is 0. The van der Waals surface area contributed by atoms with Crippen molar-refractivity contribution < 1.29 is 9.90 Å². The Morgan fingerprint density at radius 2 is 2.20 bits per heavy atom. The number of rotatable bonds is 2. The number of nitrogen functional groups attached to an aromatic ring is 1. The molecule has 0 amide bonds. The molecule has 0 bridgehead atoms. The summed E-state index contributed by atoms with van der Waals surface area (Å²) in [6, 6.07) is 1.46. The van der Waals surface area contributed by atoms with Gasteiger partial charge in [-0.1, -0.05) is 0 Å². The van der Waals surface area contributed by atoms with E-state index in [1.54, 1.807) is 11.6 Å². The Morgan fingerprint density at radius 1 is 1.40 bits per heavy atom. The molecule has 6 heteroatoms. The first-order chi connectivity index (χ1) is 7.20. The highest BCUT2D eigenvalue weighted by atomic mass is 32.1. The number of nitrogens with zero attached hydrogens (tertiary/aromatic N) is 2. The van der Waals surface area contributed by atoms with Crippen LogP contribution in [0, 0.1) is 0 Å². The number of carboxylic acids is 1. The van der Waals surface area contributed by atoms with E-state index in [1.807, 2.05) is 0 Å². The van der Waals surface area contributed by atoms with Crippen molar-refractivity contribution in [3.8, 4) is 10.7 Å². The van der Waals surface area contributed by atoms with E-state index < -0.39 is 5.97 Å². The van der Waals surface area contributed by atoms with Gasteiger partial charge in [0.25, 0.3) is 0 Å². The van der Waals surface area contributed by atoms with Crippen molar-refractivity contribution in [3.05, 3.63) is 29.4 Å². The van der Waals surface area contributed by atoms with E-state index in [-0.39, 0.29) is 11.3 Å². The van der Waals surface area contributed by atoms with E-state index in [4.69, 9.17) is 10.8 Å². The van der Waals surface area contributed by atoms with Gasteiger partial charge >= 0.3 is 5.97 Å². The van der Waals surface area contributed by atoms with Gasteiger partial charge in [-0.15, -0.1) is 11.3 Å². The van der Waals surface area contributed by atoms with E-state index in [9.17, 15) is 4.79 Å². The summed E-state index contributed by atoms with van der Waals surface area (Å²) in [6.07, 6.45) is 3.06. The number of hydrogen-bond acceptors (Lipinski definition) is 5. The van der Waals surface area contributed by atoms with Crippen LogP contribution >= 0.6 is 11.3 Å². The van der Waals surface area contributed by atoms with Crippen molar-refractivity contribution in [2.75, 3.05) is 5.73 Å². The van der Waals surface area contributed by atoms with Crippen LogP contribution in [0.2, 0.25) is 0 Å². The number of hydrogen-bond donors (Lipinski definition) is 2. The molecule has 2 aromatic rings. The molecule has 0 aliphatic rings. The van der Waals surface area contributed by atoms with Gasteiger partial charge in [0.2, 0.25) is 0 Å². The predicted molar refractivity (Wildman–Crippen MR) is 56.7 cm³/mol. The van der Waals surface area contributed by atoms with Gasteiger partial charge in [0, 0.05) is 23.5 Å². The first-order valence-electron chi connectivity index (χ1n) is 4.08. The molecule has 15 heavy (non-hydrogen) atoms. The summed E-state index contributed by atoms with van der Waals surface area (Å²) in [7, 11) is 0. The zero-order valence-electron chi connectivity index (χ0n) is 7.54. The second-order valence-electron chi connectivity index (χ2n) is 2.77. The second-order valence-corrected chi connectivity index (χ2v) is 3.66. The fourth-order valence-electron chi connectivity index (χ4n) is 1.20. The Hall–Kier alpha value is -1.95. The topological polar surface area (TPSA) is 89.1 Å². The minimum absolute atomic E-state index is 0.00690. The predicted octanol–water partition coefficient (Wildman–Crippen LogP) is 1.49. The number of nitrogens with two attached hydrogens (primary N) is 1. The van der Waals surface area contributed by atoms with Crippen LogP contribution in [0.1, 0.15) is 10.4 Å². The SMILES string of the molecule is Nc1ccnc(-c2nccs2)c1C(=O)O. The lowest BCUT2D eigenvalue weighted by atomic mass is 10.1. The molecular formula is C9H7N3O2S. The third kappa shape index (κ3) is 1.66. The fraction of sp³-hybridized carbons (Fsp3) is 0. The van der Waals surface area contributed by atoms with E-state index in [1.165, 1.54) is 23.6 Å². The van der Waals surface area contributed by atoms with E-state index in [2.05, 4.69) is 9.97 Å². The van der Waals surface area contributed by atoms with Gasteiger partial charge < -0.3 is 10.8 Å². The molecule has 0 unspecified atom stereocenters. The van der Waals surface area contributed by atoms with Crippen molar-refractivity contribution in [2.24, 2.45) is 0 Å². The van der Waals surface area contributed by atoms with Crippen LogP contribution < -0.4 is 5.73 Å². The van der Waals surface area contributed by atoms with Crippen molar-refractivity contribution in [1.82, 2.24) is 9.97 Å². The number of aromatic carboxylic acids is 1. The quantitative estimate of drug-likeness (QED) is 0.801. The molecule has 0 saturated heterocycles. The summed E-state index contributed by atoms with van der Waals surface area (Å²) in [5.41, 5.74) is 6.11. The maximum absolute atomic E-state index is 11.0. The van der Waals surface area contributed by atoms with Gasteiger partial charge in [-0.3, -0.25) is 4.98 Å². The highest BCUT2D eigenvalue weighted by Gasteiger charge is 2.17. The summed E-state index contributed by atoms with van der Waals surface area (Å²) in [4.78, 5) is 19.0. The standard InChI is InChI=1S/C9H7N3O2S/c10-5-1-2-11-7(6(5)9(13)14)8-12-3-4-15-8/h1-4H,(H2,10,11)(H,13,14). The highest BCUT2D eigenvalue weighted by Crippen LogP contribution is 2.26. The smallest absolute Gasteiger partial charge is 0.340 e. The molecule has 0 spiro atoms. The average Bonchev–Trinajstić information content (AvgIpc) is 2.69. The van der Waals surface area contributed by atoms with E-state index >= 15 is 0 Å². The average molecular weight is 221 g/mol. The van der Waals surface area contributed by atoms with E-state index in [0.717, 1.165) is 0 Å². The molecule has 0 atom stereocenters. The van der Waals surface area contributed by atoms with Gasteiger partial charge in [-0.05, 0) is 6.07 Å². The molecular weight excluding hydrogens is 214 g/mol. The minimum atomic E-state index is -1.09. The summed E-state index contributed by atoms with van der Waals surface area (Å²) in [5.74, 6) is -1.09. The molecule has 0 aliphatic carbocycles. The Balaban J connectivity index is 2.66. The third-order valence-electron chi connectivity index (χ3n) is 1.83. The monoisotopic (exact) mass is 221 g/mol. The van der Waals surface area contributed by atoms with Crippen LogP contribution in [0.5, 0.6) is 0 Å². The second kappa shape index (κ2) is 3.66. The summed E-state index contributed by atoms with van der Waals surface area (Å²) >= 11 is 1.32. The molecule has 5 nitrogen and oxygen atoms in total. The maximum atomic E-state index is 11.0. The number of aromatic nitrogens is 2. The number of carbonyl (C=O) groups is 1. The number of thiazole rings is 1. The van der Waals surface area contributed by atoms with Crippen molar-refractivity contribution in [1.29, 1.82) is 0 Å². The molecule has 76 valence electrons. The number of pyridine rings is 1. The van der Waals surface area contributed by atoms with E-state index in [0.29, 0.717) is 10.7 Å². The van der Waals surface area contributed by atoms with Crippen LogP contribution in [-0.4, -0.2) is 21.0 Å². The maximum Gasteiger partial charge on any atom is 0.340 e. The normalized spacial score (nSPS) is 10.1. The molecule has 2 heterocycles. The lowest BCUT2D eigenvalue weighted by Crippen LogP contribution is -2.06. The number of anilines is 1. The van der Waals surface area contributed by atoms with Crippen molar-refractivity contribution in [2.45, 2.75) is 0 Å². The van der Waals surface area contributed by atoms with Crippen molar-refractivity contribution in [3.63, 3.8) is 0 Å². The molecule has 0 saturated carbocycles. The lowest BCUT2D eigenvalue weighted by molar-refractivity contribution is 0.0698. The zero-order chi connectivity index (χ0) is 10.8. The van der Waals surface area contributed by atoms with Crippen LogP contribution in [0.4, 0.5) is 5.69 Å². The molecule has 0 aromatic carbocycles. The Bertz CT molecular complexity index is 496. The molecule has 0 fully saturated rings. The summed E-state index contributed by atoms with van der Waals surface area (Å²) in [6.45, 7) is 0. The Morgan fingerprint density at radius 3 is 2.80 bits per heavy atom. The molecule has 0 radical (unpaired) electrons. The van der Waals surface area contributed by atoms with Gasteiger partial charge in [-0.2, -0.15) is 0 Å². The Labute approximate surface area is 89.2 Å². The summed E-state index contributed by atoms with van der Waals surface area (Å²) in [5, 5.41) is 11.3. The zero-order valence-corrected chi connectivity index (χ0v) is 8.36. The van der Waals surface area contributed by atoms with Crippen LogP contribution in [0.3, 0.4) is 0 Å². The van der Waals surface area contributed by atoms with Crippen LogP contribution in [0.25, 0.3) is 10.7 Å². The van der Waals surface area contributed by atoms with Gasteiger partial charge in [0.15, 0.2) is 0 Å². The van der Waals surface area contributed by atoms with Crippen LogP contribution in [-0.2, 0) is 0 Å². The first-order valence-corrected chi connectivity index (χ1v) is 4.95. The van der Waals surface area contributed by atoms with Crippen molar-refractivity contribution >= 4 is 23.0 Å². The molecule has 2 aromatic heterocycles. The van der Waals surface area contributed by atoms with Gasteiger partial charge in [0.1, 0.15) is 16.3 Å². The Kier molecular flexibility index (Phi) is 2.34. The largest absolute Gasteiger partial charge is 0.478 e. The minimum Gasteiger partial charge on any atom is -0.478 e. The molecule has 0 aliphatic heterocycles. The molecule has 2 rings (SSSR count). The molecule has 3 N–H and O–H groups in total.